The van der Waals surface area contributed by atoms with Crippen molar-refractivity contribution in [1.29, 1.82) is 0 Å². The molecule has 144 valence electrons. The zero-order chi connectivity index (χ0) is 19.3. The topological polar surface area (TPSA) is 52.2 Å². The van der Waals surface area contributed by atoms with E-state index in [1.165, 1.54) is 19.3 Å². The van der Waals surface area contributed by atoms with Gasteiger partial charge < -0.3 is 0 Å². The summed E-state index contributed by atoms with van der Waals surface area (Å²) in [6.07, 6.45) is 11.0. The number of hydrogen-bond acceptors (Lipinski definition) is 3. The fraction of sp³-hybridized carbons (Fsp3) is 0.318. The van der Waals surface area contributed by atoms with E-state index >= 15 is 0 Å². The number of aromatic nitrogens is 3. The van der Waals surface area contributed by atoms with E-state index in [4.69, 9.17) is 16.6 Å². The maximum absolute atomic E-state index is 13.1. The number of rotatable bonds is 4. The van der Waals surface area contributed by atoms with Gasteiger partial charge >= 0.3 is 0 Å². The predicted octanol–water partition coefficient (Wildman–Crippen LogP) is 4.31. The van der Waals surface area contributed by atoms with Crippen LogP contribution in [0.2, 0.25) is 5.02 Å². The first kappa shape index (κ1) is 18.7. The Balaban J connectivity index is 1.58. The molecule has 0 radical (unpaired) electrons. The van der Waals surface area contributed by atoms with Crippen LogP contribution < -0.4 is 5.49 Å². The zero-order valence-corrected chi connectivity index (χ0v) is 16.4. The van der Waals surface area contributed by atoms with Crippen LogP contribution in [0, 0.1) is 0 Å². The molecule has 4 rings (SSSR count). The standard InChI is InChI=1S/C22H23ClN4O/c23-20-11-5-4-8-17(20)15-26-16-18(14-24-26)22(28)27-13-7-6-12-21(27)25-19-9-2-1-3-10-19/h4-8,11-14,16,19H,1-3,9-10,15H2. The predicted molar refractivity (Wildman–Crippen MR) is 109 cm³/mol. The van der Waals surface area contributed by atoms with Crippen LogP contribution in [0.5, 0.6) is 0 Å². The van der Waals surface area contributed by atoms with Crippen molar-refractivity contribution in [3.63, 3.8) is 0 Å². The third-order valence-corrected chi connectivity index (χ3v) is 5.49. The van der Waals surface area contributed by atoms with Crippen molar-refractivity contribution in [2.75, 3.05) is 0 Å². The Kier molecular flexibility index (Phi) is 5.72. The van der Waals surface area contributed by atoms with E-state index in [0.717, 1.165) is 18.4 Å². The molecular weight excluding hydrogens is 372 g/mol. The second-order valence-electron chi connectivity index (χ2n) is 7.17. The van der Waals surface area contributed by atoms with Crippen LogP contribution in [0.25, 0.3) is 0 Å². The molecule has 1 aliphatic rings. The Morgan fingerprint density at radius 2 is 1.89 bits per heavy atom. The third-order valence-electron chi connectivity index (χ3n) is 5.12. The lowest BCUT2D eigenvalue weighted by atomic mass is 9.96. The van der Waals surface area contributed by atoms with Crippen molar-refractivity contribution in [2.24, 2.45) is 4.99 Å². The number of carbonyl (C=O) groups excluding carboxylic acids is 1. The van der Waals surface area contributed by atoms with Crippen LogP contribution >= 0.6 is 11.6 Å². The molecule has 1 aromatic carbocycles. The molecule has 2 heterocycles. The number of pyridine rings is 1. The Bertz CT molecular complexity index is 1030. The zero-order valence-electron chi connectivity index (χ0n) is 15.7. The van der Waals surface area contributed by atoms with Gasteiger partial charge in [0.2, 0.25) is 0 Å². The number of halogens is 1. The maximum atomic E-state index is 13.1. The second-order valence-corrected chi connectivity index (χ2v) is 7.58. The third kappa shape index (κ3) is 4.25. The van der Waals surface area contributed by atoms with Crippen LogP contribution in [-0.4, -0.2) is 26.3 Å². The van der Waals surface area contributed by atoms with Crippen molar-refractivity contribution in [3.05, 3.63) is 82.7 Å². The Labute approximate surface area is 169 Å². The van der Waals surface area contributed by atoms with Crippen molar-refractivity contribution >= 4 is 17.5 Å². The molecule has 1 fully saturated rings. The van der Waals surface area contributed by atoms with Gasteiger partial charge in [-0.2, -0.15) is 5.10 Å². The van der Waals surface area contributed by atoms with E-state index in [1.54, 1.807) is 27.8 Å². The monoisotopic (exact) mass is 394 g/mol. The molecule has 0 N–H and O–H groups in total. The van der Waals surface area contributed by atoms with Crippen LogP contribution in [0.15, 0.2) is 66.0 Å². The van der Waals surface area contributed by atoms with E-state index in [9.17, 15) is 4.79 Å². The molecule has 0 bridgehead atoms. The van der Waals surface area contributed by atoms with Gasteiger partial charge in [-0.3, -0.25) is 19.0 Å². The van der Waals surface area contributed by atoms with Crippen LogP contribution in [-0.2, 0) is 6.54 Å². The van der Waals surface area contributed by atoms with Gasteiger partial charge in [0.05, 0.1) is 24.3 Å². The summed E-state index contributed by atoms with van der Waals surface area (Å²) in [4.78, 5) is 17.9. The first-order valence-corrected chi connectivity index (χ1v) is 10.1. The molecule has 1 aliphatic carbocycles. The van der Waals surface area contributed by atoms with Crippen LogP contribution in [0.4, 0.5) is 0 Å². The van der Waals surface area contributed by atoms with Crippen molar-refractivity contribution in [2.45, 2.75) is 44.7 Å². The Morgan fingerprint density at radius 3 is 2.71 bits per heavy atom. The van der Waals surface area contributed by atoms with Gasteiger partial charge in [-0.25, -0.2) is 0 Å². The quantitative estimate of drug-likeness (QED) is 0.662. The van der Waals surface area contributed by atoms with E-state index in [-0.39, 0.29) is 5.91 Å². The van der Waals surface area contributed by atoms with Crippen molar-refractivity contribution in [3.8, 4) is 0 Å². The average molecular weight is 395 g/mol. The lowest BCUT2D eigenvalue weighted by Gasteiger charge is -2.17. The Hall–Kier alpha value is -2.66. The average Bonchev–Trinajstić information content (AvgIpc) is 3.19. The molecule has 2 aromatic heterocycles. The van der Waals surface area contributed by atoms with Gasteiger partial charge in [0.15, 0.2) is 0 Å². The fourth-order valence-electron chi connectivity index (χ4n) is 3.61. The normalized spacial score (nSPS) is 15.7. The highest BCUT2D eigenvalue weighted by molar-refractivity contribution is 6.31. The van der Waals surface area contributed by atoms with Gasteiger partial charge in [-0.1, -0.05) is 55.1 Å². The number of nitrogens with zero attached hydrogens (tertiary/aromatic N) is 4. The van der Waals surface area contributed by atoms with Crippen molar-refractivity contribution in [1.82, 2.24) is 14.3 Å². The molecule has 1 saturated carbocycles. The minimum atomic E-state index is -0.124. The molecule has 3 aromatic rings. The lowest BCUT2D eigenvalue weighted by molar-refractivity contribution is 0.0954. The smallest absolute Gasteiger partial charge is 0.266 e. The van der Waals surface area contributed by atoms with Gasteiger partial charge in [0.25, 0.3) is 5.91 Å². The van der Waals surface area contributed by atoms with Crippen molar-refractivity contribution < 1.29 is 4.79 Å². The second kappa shape index (κ2) is 8.57. The van der Waals surface area contributed by atoms with E-state index in [2.05, 4.69) is 5.10 Å². The highest BCUT2D eigenvalue weighted by Crippen LogP contribution is 2.19. The molecule has 0 saturated heterocycles. The summed E-state index contributed by atoms with van der Waals surface area (Å²) in [6, 6.07) is 13.6. The number of carbonyl (C=O) groups is 1. The summed E-state index contributed by atoms with van der Waals surface area (Å²) in [6.45, 7) is 0.520. The molecule has 0 unspecified atom stereocenters. The molecule has 28 heavy (non-hydrogen) atoms. The number of benzene rings is 1. The van der Waals surface area contributed by atoms with E-state index in [1.807, 2.05) is 42.5 Å². The fourth-order valence-corrected chi connectivity index (χ4v) is 3.80. The summed E-state index contributed by atoms with van der Waals surface area (Å²) in [5.74, 6) is -0.124. The lowest BCUT2D eigenvalue weighted by Crippen LogP contribution is -2.29. The van der Waals surface area contributed by atoms with Crippen LogP contribution in [0.1, 0.15) is 48.0 Å². The maximum Gasteiger partial charge on any atom is 0.266 e. The molecule has 5 nitrogen and oxygen atoms in total. The SMILES string of the molecule is O=C(c1cnn(Cc2ccccc2Cl)c1)n1ccccc1=NC1CCCCC1. The minimum absolute atomic E-state index is 0.124. The summed E-state index contributed by atoms with van der Waals surface area (Å²) in [7, 11) is 0. The summed E-state index contributed by atoms with van der Waals surface area (Å²) in [5.41, 5.74) is 2.20. The Morgan fingerprint density at radius 1 is 1.11 bits per heavy atom. The molecule has 0 atom stereocenters. The summed E-state index contributed by atoms with van der Waals surface area (Å²) in [5, 5.41) is 5.03. The first-order chi connectivity index (χ1) is 13.7. The van der Waals surface area contributed by atoms with Gasteiger partial charge in [-0.15, -0.1) is 0 Å². The summed E-state index contributed by atoms with van der Waals surface area (Å²) >= 11 is 6.23. The molecule has 6 heteroatoms. The highest BCUT2D eigenvalue weighted by Gasteiger charge is 2.15. The van der Waals surface area contributed by atoms with Gasteiger partial charge in [0.1, 0.15) is 5.49 Å². The molecule has 0 amide bonds. The van der Waals surface area contributed by atoms with E-state index in [0.29, 0.717) is 28.7 Å². The van der Waals surface area contributed by atoms with Crippen LogP contribution in [0.3, 0.4) is 0 Å². The molecule has 0 aliphatic heterocycles. The summed E-state index contributed by atoms with van der Waals surface area (Å²) < 4.78 is 3.35. The number of hydrogen-bond donors (Lipinski definition) is 0. The van der Waals surface area contributed by atoms with E-state index < -0.39 is 0 Å². The largest absolute Gasteiger partial charge is 0.268 e. The van der Waals surface area contributed by atoms with Gasteiger partial charge in [-0.05, 0) is 36.6 Å². The minimum Gasteiger partial charge on any atom is -0.268 e. The first-order valence-electron chi connectivity index (χ1n) is 9.73. The molecular formula is C22H23ClN4O. The van der Waals surface area contributed by atoms with Gasteiger partial charge in [0, 0.05) is 17.4 Å². The molecule has 0 spiro atoms. The highest BCUT2D eigenvalue weighted by atomic mass is 35.5.